The zero-order valence-corrected chi connectivity index (χ0v) is 21.0. The Morgan fingerprint density at radius 3 is 2.27 bits per heavy atom. The van der Waals surface area contributed by atoms with Crippen LogP contribution in [0.1, 0.15) is 38.7 Å². The molecule has 1 aliphatic heterocycles. The van der Waals surface area contributed by atoms with Crippen molar-refractivity contribution >= 4 is 23.4 Å². The highest BCUT2D eigenvalue weighted by Crippen LogP contribution is 2.43. The molecule has 8 heteroatoms. The van der Waals surface area contributed by atoms with Gasteiger partial charge in [-0.25, -0.2) is 4.79 Å². The predicted octanol–water partition coefficient (Wildman–Crippen LogP) is 4.42. The molecule has 0 aliphatic carbocycles. The summed E-state index contributed by atoms with van der Waals surface area (Å²) < 4.78 is 15.4. The van der Waals surface area contributed by atoms with Gasteiger partial charge in [0.1, 0.15) is 17.3 Å². The van der Waals surface area contributed by atoms with Crippen molar-refractivity contribution in [1.29, 1.82) is 0 Å². The number of aliphatic hydroxyl groups is 1. The average molecular weight is 502 g/mol. The van der Waals surface area contributed by atoms with Crippen LogP contribution in [-0.2, 0) is 20.9 Å². The second-order valence-electron chi connectivity index (χ2n) is 8.54. The number of aryl methyl sites for hydroxylation is 1. The van der Waals surface area contributed by atoms with Crippen LogP contribution in [0.5, 0.6) is 11.5 Å². The van der Waals surface area contributed by atoms with Crippen LogP contribution in [0.3, 0.4) is 0 Å². The molecule has 1 amide bonds. The Hall–Kier alpha value is -4.59. The molecule has 37 heavy (non-hydrogen) atoms. The van der Waals surface area contributed by atoms with Gasteiger partial charge in [0.25, 0.3) is 11.7 Å². The molecule has 0 saturated carbocycles. The van der Waals surface area contributed by atoms with E-state index in [4.69, 9.17) is 14.2 Å². The minimum atomic E-state index is -0.840. The molecule has 1 saturated heterocycles. The smallest absolute Gasteiger partial charge is 0.337 e. The zero-order valence-electron chi connectivity index (χ0n) is 21.0. The lowest BCUT2D eigenvalue weighted by atomic mass is 9.92. The Kier molecular flexibility index (Phi) is 7.29. The Bertz CT molecular complexity index is 1390. The number of nitrogens with zero attached hydrogens (tertiary/aromatic N) is 1. The van der Waals surface area contributed by atoms with Gasteiger partial charge in [-0.15, -0.1) is 0 Å². The first-order chi connectivity index (χ1) is 17.8. The van der Waals surface area contributed by atoms with Crippen molar-refractivity contribution in [2.45, 2.75) is 19.5 Å². The van der Waals surface area contributed by atoms with E-state index in [9.17, 15) is 19.5 Å². The quantitative estimate of drug-likeness (QED) is 0.221. The highest BCUT2D eigenvalue weighted by molar-refractivity contribution is 6.46. The lowest BCUT2D eigenvalue weighted by Gasteiger charge is -2.27. The van der Waals surface area contributed by atoms with Crippen molar-refractivity contribution in [3.8, 4) is 11.5 Å². The first-order valence-corrected chi connectivity index (χ1v) is 11.5. The Balaban J connectivity index is 1.84. The van der Waals surface area contributed by atoms with Crippen LogP contribution in [0.25, 0.3) is 5.76 Å². The summed E-state index contributed by atoms with van der Waals surface area (Å²) in [6.45, 7) is 1.97. The molecule has 1 aliphatic rings. The summed E-state index contributed by atoms with van der Waals surface area (Å²) in [5.41, 5.74) is 2.87. The number of amides is 1. The van der Waals surface area contributed by atoms with Gasteiger partial charge in [0.15, 0.2) is 0 Å². The number of esters is 1. The molecule has 0 aromatic heterocycles. The fourth-order valence-electron chi connectivity index (χ4n) is 4.46. The Morgan fingerprint density at radius 1 is 0.946 bits per heavy atom. The zero-order chi connectivity index (χ0) is 26.7. The molecular formula is C29H27NO7. The number of Topliss-reactive ketones (excluding diaryl/α,β-unsaturated/α-hetero) is 1. The van der Waals surface area contributed by atoms with E-state index in [-0.39, 0.29) is 23.4 Å². The van der Waals surface area contributed by atoms with E-state index in [1.54, 1.807) is 42.5 Å². The minimum absolute atomic E-state index is 0.0334. The number of hydrogen-bond donors (Lipinski definition) is 1. The number of carbonyl (C=O) groups is 3. The number of benzene rings is 3. The predicted molar refractivity (Wildman–Crippen MR) is 136 cm³/mol. The van der Waals surface area contributed by atoms with E-state index in [0.717, 1.165) is 5.56 Å². The molecule has 1 heterocycles. The van der Waals surface area contributed by atoms with Gasteiger partial charge < -0.3 is 24.2 Å². The summed E-state index contributed by atoms with van der Waals surface area (Å²) in [5.74, 6) is -1.53. The maximum absolute atomic E-state index is 13.4. The molecule has 8 nitrogen and oxygen atoms in total. The summed E-state index contributed by atoms with van der Waals surface area (Å²) in [6.07, 6.45) is 0. The van der Waals surface area contributed by atoms with Crippen molar-refractivity contribution < 1.29 is 33.7 Å². The average Bonchev–Trinajstić information content (AvgIpc) is 3.17. The third-order valence-electron chi connectivity index (χ3n) is 6.41. The SMILES string of the molecule is COC(=O)c1ccc(CN2C(=O)C(=O)/C(=C(/O)c3ccc(OC)cc3OC)C2c2ccccc2C)cc1. The van der Waals surface area contributed by atoms with Crippen LogP contribution >= 0.6 is 0 Å². The molecule has 3 aromatic carbocycles. The molecule has 0 bridgehead atoms. The topological polar surface area (TPSA) is 102 Å². The third kappa shape index (κ3) is 4.78. The van der Waals surface area contributed by atoms with Gasteiger partial charge >= 0.3 is 5.97 Å². The summed E-state index contributed by atoms with van der Waals surface area (Å²) in [6, 6.07) is 18.0. The van der Waals surface area contributed by atoms with Crippen molar-refractivity contribution in [2.24, 2.45) is 0 Å². The number of likely N-dealkylation sites (tertiary alicyclic amines) is 1. The third-order valence-corrected chi connectivity index (χ3v) is 6.41. The van der Waals surface area contributed by atoms with E-state index in [0.29, 0.717) is 28.2 Å². The van der Waals surface area contributed by atoms with Crippen molar-refractivity contribution in [3.05, 3.63) is 100 Å². The monoisotopic (exact) mass is 501 g/mol. The molecular weight excluding hydrogens is 474 g/mol. The van der Waals surface area contributed by atoms with Gasteiger partial charge in [-0.1, -0.05) is 36.4 Å². The van der Waals surface area contributed by atoms with Crippen LogP contribution in [-0.4, -0.2) is 49.0 Å². The van der Waals surface area contributed by atoms with Crippen LogP contribution < -0.4 is 9.47 Å². The maximum Gasteiger partial charge on any atom is 0.337 e. The minimum Gasteiger partial charge on any atom is -0.507 e. The van der Waals surface area contributed by atoms with Gasteiger partial charge in [0.2, 0.25) is 0 Å². The summed E-state index contributed by atoms with van der Waals surface area (Å²) in [7, 11) is 4.26. The standard InChI is InChI=1S/C29H27NO7/c1-17-7-5-6-8-21(17)25-24(26(31)22-14-13-20(35-2)15-23(22)36-3)27(32)28(33)30(25)16-18-9-11-19(12-10-18)29(34)37-4/h5-15,25,31H,16H2,1-4H3/b26-24+. The molecule has 1 fully saturated rings. The lowest BCUT2D eigenvalue weighted by Crippen LogP contribution is -2.29. The van der Waals surface area contributed by atoms with Crippen LogP contribution in [0.4, 0.5) is 0 Å². The van der Waals surface area contributed by atoms with Gasteiger partial charge in [-0.2, -0.15) is 0 Å². The molecule has 3 aromatic rings. The van der Waals surface area contributed by atoms with Crippen LogP contribution in [0.15, 0.2) is 72.3 Å². The van der Waals surface area contributed by atoms with Gasteiger partial charge in [0, 0.05) is 12.6 Å². The Labute approximate surface area is 214 Å². The number of carbonyl (C=O) groups excluding carboxylic acids is 3. The van der Waals surface area contributed by atoms with Crippen molar-refractivity contribution in [2.75, 3.05) is 21.3 Å². The first-order valence-electron chi connectivity index (χ1n) is 11.5. The van der Waals surface area contributed by atoms with E-state index < -0.39 is 23.7 Å². The second kappa shape index (κ2) is 10.6. The van der Waals surface area contributed by atoms with Crippen molar-refractivity contribution in [3.63, 3.8) is 0 Å². The highest BCUT2D eigenvalue weighted by Gasteiger charge is 2.46. The fourth-order valence-corrected chi connectivity index (χ4v) is 4.46. The van der Waals surface area contributed by atoms with Gasteiger partial charge in [-0.05, 0) is 47.9 Å². The molecule has 190 valence electrons. The summed E-state index contributed by atoms with van der Waals surface area (Å²) >= 11 is 0. The van der Waals surface area contributed by atoms with Crippen molar-refractivity contribution in [1.82, 2.24) is 4.90 Å². The van der Waals surface area contributed by atoms with E-state index >= 15 is 0 Å². The molecule has 1 unspecified atom stereocenters. The summed E-state index contributed by atoms with van der Waals surface area (Å²) in [5, 5.41) is 11.4. The van der Waals surface area contributed by atoms with Crippen LogP contribution in [0.2, 0.25) is 0 Å². The molecule has 1 N–H and O–H groups in total. The normalized spacial score (nSPS) is 16.5. The number of ether oxygens (including phenoxy) is 3. The Morgan fingerprint density at radius 2 is 1.65 bits per heavy atom. The fraction of sp³-hybridized carbons (Fsp3) is 0.207. The number of methoxy groups -OCH3 is 3. The van der Waals surface area contributed by atoms with E-state index in [1.165, 1.54) is 26.2 Å². The maximum atomic E-state index is 13.4. The first kappa shape index (κ1) is 25.5. The van der Waals surface area contributed by atoms with E-state index in [1.807, 2.05) is 31.2 Å². The lowest BCUT2D eigenvalue weighted by molar-refractivity contribution is -0.140. The highest BCUT2D eigenvalue weighted by atomic mass is 16.5. The number of rotatable bonds is 7. The van der Waals surface area contributed by atoms with Crippen LogP contribution in [0, 0.1) is 6.92 Å². The number of aliphatic hydroxyl groups excluding tert-OH is 1. The van der Waals surface area contributed by atoms with Gasteiger partial charge in [0.05, 0.1) is 44.1 Å². The summed E-state index contributed by atoms with van der Waals surface area (Å²) in [4.78, 5) is 39.9. The molecule has 0 spiro atoms. The largest absolute Gasteiger partial charge is 0.507 e. The second-order valence-corrected chi connectivity index (χ2v) is 8.54. The van der Waals surface area contributed by atoms with E-state index in [2.05, 4.69) is 0 Å². The molecule has 1 atom stereocenters. The number of hydrogen-bond acceptors (Lipinski definition) is 7. The number of ketones is 1. The van der Waals surface area contributed by atoms with Gasteiger partial charge in [-0.3, -0.25) is 9.59 Å². The molecule has 0 radical (unpaired) electrons. The molecule has 4 rings (SSSR count).